The second-order valence-corrected chi connectivity index (χ2v) is 5.42. The first kappa shape index (κ1) is 13.9. The maximum atomic E-state index is 12.1. The van der Waals surface area contributed by atoms with Gasteiger partial charge in [-0.05, 0) is 50.3 Å². The van der Waals surface area contributed by atoms with Gasteiger partial charge in [-0.25, -0.2) is 4.79 Å². The lowest BCUT2D eigenvalue weighted by Gasteiger charge is -2.25. The molecule has 2 amide bonds. The number of nitrogens with one attached hydrogen (secondary N) is 1. The molecular formula is C15H22N2O2. The van der Waals surface area contributed by atoms with Crippen molar-refractivity contribution in [3.05, 3.63) is 29.8 Å². The molecule has 2 rings (SSSR count). The van der Waals surface area contributed by atoms with Crippen molar-refractivity contribution >= 4 is 11.7 Å². The van der Waals surface area contributed by atoms with Gasteiger partial charge in [0.1, 0.15) is 0 Å². The summed E-state index contributed by atoms with van der Waals surface area (Å²) >= 11 is 0. The van der Waals surface area contributed by atoms with Crippen molar-refractivity contribution in [1.29, 1.82) is 0 Å². The van der Waals surface area contributed by atoms with Crippen LogP contribution in [0.2, 0.25) is 0 Å². The minimum absolute atomic E-state index is 0.0952. The Morgan fingerprint density at radius 3 is 2.68 bits per heavy atom. The minimum Gasteiger partial charge on any atom is -0.389 e. The molecule has 0 radical (unpaired) electrons. The third-order valence-corrected chi connectivity index (χ3v) is 3.86. The molecule has 1 fully saturated rings. The molecule has 0 aliphatic heterocycles. The fourth-order valence-electron chi connectivity index (χ4n) is 2.17. The van der Waals surface area contributed by atoms with E-state index in [2.05, 4.69) is 12.2 Å². The summed E-state index contributed by atoms with van der Waals surface area (Å²) in [6.07, 6.45) is 1.91. The van der Waals surface area contributed by atoms with Gasteiger partial charge >= 0.3 is 6.03 Å². The number of urea groups is 1. The largest absolute Gasteiger partial charge is 0.389 e. The van der Waals surface area contributed by atoms with Gasteiger partial charge in [-0.2, -0.15) is 0 Å². The van der Waals surface area contributed by atoms with Gasteiger partial charge in [0.2, 0.25) is 0 Å². The Kier molecular flexibility index (Phi) is 4.10. The van der Waals surface area contributed by atoms with E-state index in [0.29, 0.717) is 5.92 Å². The van der Waals surface area contributed by atoms with Gasteiger partial charge in [0.15, 0.2) is 0 Å². The highest BCUT2D eigenvalue weighted by Crippen LogP contribution is 2.34. The van der Waals surface area contributed by atoms with E-state index in [-0.39, 0.29) is 12.1 Å². The van der Waals surface area contributed by atoms with Crippen LogP contribution in [-0.2, 0) is 0 Å². The van der Waals surface area contributed by atoms with E-state index in [1.807, 2.05) is 25.2 Å². The van der Waals surface area contributed by atoms with Crippen molar-refractivity contribution in [1.82, 2.24) is 4.90 Å². The van der Waals surface area contributed by atoms with E-state index in [1.165, 1.54) is 12.8 Å². The van der Waals surface area contributed by atoms with Crippen molar-refractivity contribution < 1.29 is 9.90 Å². The number of carbonyl (C=O) groups excluding carboxylic acids is 1. The third-order valence-electron chi connectivity index (χ3n) is 3.86. The summed E-state index contributed by atoms with van der Waals surface area (Å²) in [6, 6.07) is 7.50. The van der Waals surface area contributed by atoms with Crippen LogP contribution in [0.5, 0.6) is 0 Å². The Hall–Kier alpha value is -1.55. The van der Waals surface area contributed by atoms with Crippen LogP contribution in [-0.4, -0.2) is 29.1 Å². The zero-order valence-corrected chi connectivity index (χ0v) is 11.8. The molecule has 2 N–H and O–H groups in total. The highest BCUT2D eigenvalue weighted by Gasteiger charge is 2.32. The Morgan fingerprint density at radius 1 is 1.42 bits per heavy atom. The summed E-state index contributed by atoms with van der Waals surface area (Å²) in [4.78, 5) is 13.9. The summed E-state index contributed by atoms with van der Waals surface area (Å²) in [5, 5.41) is 12.4. The summed E-state index contributed by atoms with van der Waals surface area (Å²) in [5.74, 6) is 0.652. The first-order valence-electron chi connectivity index (χ1n) is 6.81. The number of nitrogens with zero attached hydrogens (tertiary/aromatic N) is 1. The number of anilines is 1. The summed E-state index contributed by atoms with van der Waals surface area (Å²) in [5.41, 5.74) is 1.52. The van der Waals surface area contributed by atoms with E-state index in [4.69, 9.17) is 0 Å². The molecule has 0 saturated heterocycles. The highest BCUT2D eigenvalue weighted by molar-refractivity contribution is 5.89. The minimum atomic E-state index is -0.528. The van der Waals surface area contributed by atoms with E-state index in [1.54, 1.807) is 17.9 Å². The maximum Gasteiger partial charge on any atom is 0.321 e. The summed E-state index contributed by atoms with van der Waals surface area (Å²) in [7, 11) is 1.83. The molecule has 19 heavy (non-hydrogen) atoms. The first-order valence-corrected chi connectivity index (χ1v) is 6.81. The van der Waals surface area contributed by atoms with Crippen LogP contribution in [0.4, 0.5) is 10.5 Å². The molecule has 0 spiro atoms. The Bertz CT molecular complexity index is 455. The molecule has 0 heterocycles. The zero-order valence-electron chi connectivity index (χ0n) is 11.8. The molecule has 2 atom stereocenters. The molecule has 1 aromatic carbocycles. The lowest BCUT2D eigenvalue weighted by Crippen LogP contribution is -2.39. The number of hydrogen-bond acceptors (Lipinski definition) is 2. The fraction of sp³-hybridized carbons (Fsp3) is 0.533. The lowest BCUT2D eigenvalue weighted by molar-refractivity contribution is 0.198. The second kappa shape index (κ2) is 5.61. The number of benzene rings is 1. The molecule has 1 aliphatic carbocycles. The maximum absolute atomic E-state index is 12.1. The average molecular weight is 262 g/mol. The molecule has 1 saturated carbocycles. The van der Waals surface area contributed by atoms with Gasteiger partial charge < -0.3 is 15.3 Å². The molecule has 1 aromatic rings. The van der Waals surface area contributed by atoms with E-state index in [0.717, 1.165) is 11.3 Å². The molecule has 2 unspecified atom stereocenters. The Morgan fingerprint density at radius 2 is 2.11 bits per heavy atom. The van der Waals surface area contributed by atoms with Gasteiger partial charge in [-0.1, -0.05) is 12.1 Å². The average Bonchev–Trinajstić information content (AvgIpc) is 3.21. The molecule has 1 aliphatic rings. The quantitative estimate of drug-likeness (QED) is 0.876. The molecule has 104 valence electrons. The number of aliphatic hydroxyl groups excluding tert-OH is 1. The number of hydrogen-bond donors (Lipinski definition) is 2. The topological polar surface area (TPSA) is 52.6 Å². The first-order chi connectivity index (χ1) is 8.99. The van der Waals surface area contributed by atoms with Gasteiger partial charge in [0.05, 0.1) is 6.10 Å². The van der Waals surface area contributed by atoms with Gasteiger partial charge in [0.25, 0.3) is 0 Å². The van der Waals surface area contributed by atoms with E-state index < -0.39 is 6.10 Å². The predicted molar refractivity (Wildman–Crippen MR) is 76.0 cm³/mol. The van der Waals surface area contributed by atoms with Gasteiger partial charge in [-0.3, -0.25) is 0 Å². The third kappa shape index (κ3) is 3.47. The molecular weight excluding hydrogens is 240 g/mol. The van der Waals surface area contributed by atoms with E-state index in [9.17, 15) is 9.90 Å². The highest BCUT2D eigenvalue weighted by atomic mass is 16.3. The molecule has 0 bridgehead atoms. The van der Waals surface area contributed by atoms with Crippen molar-refractivity contribution in [2.45, 2.75) is 38.8 Å². The van der Waals surface area contributed by atoms with Crippen LogP contribution in [0, 0.1) is 5.92 Å². The second-order valence-electron chi connectivity index (χ2n) is 5.42. The van der Waals surface area contributed by atoms with E-state index >= 15 is 0 Å². The number of aliphatic hydroxyl groups is 1. The molecule has 0 aromatic heterocycles. The van der Waals surface area contributed by atoms with Crippen LogP contribution < -0.4 is 5.32 Å². The van der Waals surface area contributed by atoms with Gasteiger partial charge in [0, 0.05) is 18.8 Å². The van der Waals surface area contributed by atoms with Crippen molar-refractivity contribution in [2.75, 3.05) is 12.4 Å². The SMILES string of the molecule is CC(O)c1cccc(NC(=O)N(C)C(C)C2CC2)c1. The number of amides is 2. The van der Waals surface area contributed by atoms with Gasteiger partial charge in [-0.15, -0.1) is 0 Å². The predicted octanol–water partition coefficient (Wildman–Crippen LogP) is 3.00. The van der Waals surface area contributed by atoms with Crippen LogP contribution >= 0.6 is 0 Å². The standard InChI is InChI=1S/C15H22N2O2/c1-10(12-7-8-12)17(3)15(19)16-14-6-4-5-13(9-14)11(2)18/h4-6,9-12,18H,7-8H2,1-3H3,(H,16,19). The van der Waals surface area contributed by atoms with Crippen molar-refractivity contribution in [3.8, 4) is 0 Å². The Balaban J connectivity index is 1.99. The summed E-state index contributed by atoms with van der Waals surface area (Å²) < 4.78 is 0. The number of rotatable bonds is 4. The fourth-order valence-corrected chi connectivity index (χ4v) is 2.17. The smallest absolute Gasteiger partial charge is 0.321 e. The lowest BCUT2D eigenvalue weighted by atomic mass is 10.1. The van der Waals surface area contributed by atoms with Crippen LogP contribution in [0.3, 0.4) is 0 Å². The Labute approximate surface area is 114 Å². The monoisotopic (exact) mass is 262 g/mol. The molecule has 4 heteroatoms. The van der Waals surface area contributed by atoms with Crippen LogP contribution in [0.25, 0.3) is 0 Å². The normalized spacial score (nSPS) is 17.7. The van der Waals surface area contributed by atoms with Crippen LogP contribution in [0.15, 0.2) is 24.3 Å². The van der Waals surface area contributed by atoms with Crippen molar-refractivity contribution in [3.63, 3.8) is 0 Å². The van der Waals surface area contributed by atoms with Crippen LogP contribution in [0.1, 0.15) is 38.4 Å². The molecule has 4 nitrogen and oxygen atoms in total. The summed E-state index contributed by atoms with van der Waals surface area (Å²) in [6.45, 7) is 3.80. The zero-order chi connectivity index (χ0) is 14.0. The number of carbonyl (C=O) groups is 1. The van der Waals surface area contributed by atoms with Crippen molar-refractivity contribution in [2.24, 2.45) is 5.92 Å².